The smallest absolute Gasteiger partial charge is 0.137 e. The van der Waals surface area contributed by atoms with Gasteiger partial charge in [-0.15, -0.1) is 0 Å². The summed E-state index contributed by atoms with van der Waals surface area (Å²) in [6.45, 7) is 5.28. The minimum Gasteiger partial charge on any atom is -0.315 e. The lowest BCUT2D eigenvalue weighted by molar-refractivity contribution is 0.281. The molecule has 29 heavy (non-hydrogen) atoms. The van der Waals surface area contributed by atoms with E-state index in [1.165, 1.54) is 28.8 Å². The van der Waals surface area contributed by atoms with Crippen LogP contribution in [0.25, 0.3) is 28.0 Å². The number of rotatable bonds is 4. The Morgan fingerprint density at radius 2 is 1.52 bits per heavy atom. The van der Waals surface area contributed by atoms with Crippen molar-refractivity contribution in [2.45, 2.75) is 13.0 Å². The highest BCUT2D eigenvalue weighted by atomic mass is 15.2. The van der Waals surface area contributed by atoms with Crippen molar-refractivity contribution < 1.29 is 0 Å². The van der Waals surface area contributed by atoms with Crippen molar-refractivity contribution in [2.75, 3.05) is 26.2 Å². The second kappa shape index (κ2) is 8.19. The molecule has 0 amide bonds. The molecular formula is C25H26N4. The van der Waals surface area contributed by atoms with Crippen molar-refractivity contribution in [1.29, 1.82) is 0 Å². The molecule has 0 bridgehead atoms. The summed E-state index contributed by atoms with van der Waals surface area (Å²) in [7, 11) is 0. The second-order valence-corrected chi connectivity index (χ2v) is 7.66. The highest BCUT2D eigenvalue weighted by Gasteiger charge is 2.18. The van der Waals surface area contributed by atoms with E-state index in [9.17, 15) is 0 Å². The van der Waals surface area contributed by atoms with Crippen LogP contribution in [0.1, 0.15) is 12.1 Å². The van der Waals surface area contributed by atoms with Crippen LogP contribution in [0.4, 0.5) is 0 Å². The minimum absolute atomic E-state index is 0.919. The van der Waals surface area contributed by atoms with E-state index in [1.807, 2.05) is 0 Å². The van der Waals surface area contributed by atoms with Crippen molar-refractivity contribution in [1.82, 2.24) is 19.6 Å². The van der Waals surface area contributed by atoms with E-state index in [0.29, 0.717) is 0 Å². The summed E-state index contributed by atoms with van der Waals surface area (Å²) < 4.78 is 2.25. The molecule has 0 radical (unpaired) electrons. The van der Waals surface area contributed by atoms with Crippen LogP contribution in [-0.4, -0.2) is 40.5 Å². The van der Waals surface area contributed by atoms with Gasteiger partial charge in [0.1, 0.15) is 5.65 Å². The van der Waals surface area contributed by atoms with Gasteiger partial charge in [-0.05, 0) is 42.8 Å². The van der Waals surface area contributed by atoms with E-state index in [4.69, 9.17) is 4.98 Å². The number of imidazole rings is 1. The molecule has 4 nitrogen and oxygen atoms in total. The van der Waals surface area contributed by atoms with Gasteiger partial charge in [0.15, 0.2) is 0 Å². The molecule has 1 saturated heterocycles. The minimum atomic E-state index is 0.919. The summed E-state index contributed by atoms with van der Waals surface area (Å²) in [5.41, 5.74) is 7.03. The van der Waals surface area contributed by atoms with E-state index >= 15 is 0 Å². The molecule has 0 unspecified atom stereocenters. The zero-order valence-corrected chi connectivity index (χ0v) is 16.6. The Hall–Kier alpha value is -2.95. The number of fused-ring (bicyclic) bond motifs is 1. The summed E-state index contributed by atoms with van der Waals surface area (Å²) >= 11 is 0. The predicted octanol–water partition coefficient (Wildman–Crippen LogP) is 4.46. The maximum Gasteiger partial charge on any atom is 0.137 e. The predicted molar refractivity (Wildman–Crippen MR) is 119 cm³/mol. The normalized spacial score (nSPS) is 15.4. The topological polar surface area (TPSA) is 32.6 Å². The van der Waals surface area contributed by atoms with Gasteiger partial charge < -0.3 is 9.72 Å². The lowest BCUT2D eigenvalue weighted by Gasteiger charge is -2.20. The average Bonchev–Trinajstić information content (AvgIpc) is 2.95. The van der Waals surface area contributed by atoms with Gasteiger partial charge in [-0.2, -0.15) is 0 Å². The average molecular weight is 383 g/mol. The van der Waals surface area contributed by atoms with Gasteiger partial charge in [-0.3, -0.25) is 4.90 Å². The Morgan fingerprint density at radius 3 is 2.38 bits per heavy atom. The van der Waals surface area contributed by atoms with Crippen LogP contribution < -0.4 is 5.32 Å². The molecule has 1 aliphatic heterocycles. The summed E-state index contributed by atoms with van der Waals surface area (Å²) in [5.74, 6) is 0. The molecular weight excluding hydrogens is 356 g/mol. The summed E-state index contributed by atoms with van der Waals surface area (Å²) in [6.07, 6.45) is 3.33. The Kier molecular flexibility index (Phi) is 5.11. The first-order valence-corrected chi connectivity index (χ1v) is 10.4. The SMILES string of the molecule is c1ccc(-c2ccc(-c3nc4ccccn4c3CN3CCCNCC3)cc2)cc1. The zero-order valence-electron chi connectivity index (χ0n) is 16.6. The third-order valence-electron chi connectivity index (χ3n) is 5.70. The van der Waals surface area contributed by atoms with Gasteiger partial charge in [0.05, 0.1) is 11.4 Å². The van der Waals surface area contributed by atoms with Crippen LogP contribution in [0.2, 0.25) is 0 Å². The highest BCUT2D eigenvalue weighted by Crippen LogP contribution is 2.28. The number of nitrogens with zero attached hydrogens (tertiary/aromatic N) is 3. The molecule has 4 heteroatoms. The van der Waals surface area contributed by atoms with E-state index in [2.05, 4.69) is 93.6 Å². The van der Waals surface area contributed by atoms with Gasteiger partial charge in [0.25, 0.3) is 0 Å². The first-order valence-electron chi connectivity index (χ1n) is 10.4. The first kappa shape index (κ1) is 18.1. The Labute approximate surface area is 171 Å². The van der Waals surface area contributed by atoms with Crippen LogP contribution in [0.5, 0.6) is 0 Å². The van der Waals surface area contributed by atoms with E-state index in [0.717, 1.165) is 44.1 Å². The Balaban J connectivity index is 1.52. The van der Waals surface area contributed by atoms with Crippen LogP contribution in [0.15, 0.2) is 79.0 Å². The Morgan fingerprint density at radius 1 is 0.759 bits per heavy atom. The fourth-order valence-electron chi connectivity index (χ4n) is 4.15. The third-order valence-corrected chi connectivity index (χ3v) is 5.70. The molecule has 4 aromatic rings. The summed E-state index contributed by atoms with van der Waals surface area (Å²) in [6, 6.07) is 25.6. The molecule has 2 aromatic heterocycles. The van der Waals surface area contributed by atoms with E-state index in [1.54, 1.807) is 0 Å². The van der Waals surface area contributed by atoms with Gasteiger partial charge in [-0.1, -0.05) is 60.7 Å². The highest BCUT2D eigenvalue weighted by molar-refractivity contribution is 5.71. The standard InChI is InChI=1S/C25H26N4/c1-2-7-20(8-3-1)21-10-12-22(13-11-21)25-23(19-28-16-6-14-26-15-18-28)29-17-5-4-9-24(29)27-25/h1-5,7-13,17,26H,6,14-16,18-19H2. The molecule has 0 saturated carbocycles. The van der Waals surface area contributed by atoms with E-state index < -0.39 is 0 Å². The van der Waals surface area contributed by atoms with Crippen molar-refractivity contribution in [3.8, 4) is 22.4 Å². The molecule has 146 valence electrons. The maximum absolute atomic E-state index is 4.99. The van der Waals surface area contributed by atoms with Crippen LogP contribution >= 0.6 is 0 Å². The molecule has 3 heterocycles. The lowest BCUT2D eigenvalue weighted by atomic mass is 10.0. The molecule has 1 fully saturated rings. The number of nitrogens with one attached hydrogen (secondary N) is 1. The number of aromatic nitrogens is 2. The molecule has 1 aliphatic rings. The number of pyridine rings is 1. The summed E-state index contributed by atoms with van der Waals surface area (Å²) in [5, 5.41) is 3.50. The molecule has 0 spiro atoms. The van der Waals surface area contributed by atoms with Crippen LogP contribution in [-0.2, 0) is 6.54 Å². The molecule has 0 atom stereocenters. The molecule has 2 aromatic carbocycles. The number of hydrogen-bond acceptors (Lipinski definition) is 3. The van der Waals surface area contributed by atoms with Gasteiger partial charge >= 0.3 is 0 Å². The summed E-state index contributed by atoms with van der Waals surface area (Å²) in [4.78, 5) is 7.53. The van der Waals surface area contributed by atoms with Crippen molar-refractivity contribution >= 4 is 5.65 Å². The maximum atomic E-state index is 4.99. The van der Waals surface area contributed by atoms with Gasteiger partial charge in [0, 0.05) is 31.4 Å². The van der Waals surface area contributed by atoms with Crippen LogP contribution in [0.3, 0.4) is 0 Å². The quantitative estimate of drug-likeness (QED) is 0.565. The molecule has 0 aliphatic carbocycles. The van der Waals surface area contributed by atoms with Gasteiger partial charge in [0.2, 0.25) is 0 Å². The van der Waals surface area contributed by atoms with Crippen molar-refractivity contribution in [3.63, 3.8) is 0 Å². The fourth-order valence-corrected chi connectivity index (χ4v) is 4.15. The van der Waals surface area contributed by atoms with Crippen molar-refractivity contribution in [2.24, 2.45) is 0 Å². The third kappa shape index (κ3) is 3.82. The monoisotopic (exact) mass is 382 g/mol. The fraction of sp³-hybridized carbons (Fsp3) is 0.240. The molecule has 5 rings (SSSR count). The number of benzene rings is 2. The lowest BCUT2D eigenvalue weighted by Crippen LogP contribution is -2.28. The second-order valence-electron chi connectivity index (χ2n) is 7.66. The van der Waals surface area contributed by atoms with Crippen LogP contribution in [0, 0.1) is 0 Å². The number of hydrogen-bond donors (Lipinski definition) is 1. The Bertz CT molecular complexity index is 1070. The zero-order chi connectivity index (χ0) is 19.5. The molecule has 1 N–H and O–H groups in total. The first-order chi connectivity index (χ1) is 14.4. The van der Waals surface area contributed by atoms with Gasteiger partial charge in [-0.25, -0.2) is 4.98 Å². The largest absolute Gasteiger partial charge is 0.315 e. The van der Waals surface area contributed by atoms with E-state index in [-0.39, 0.29) is 0 Å². The van der Waals surface area contributed by atoms with Crippen molar-refractivity contribution in [3.05, 3.63) is 84.7 Å².